The highest BCUT2D eigenvalue weighted by Crippen LogP contribution is 2.28. The summed E-state index contributed by atoms with van der Waals surface area (Å²) in [5.41, 5.74) is 1.16. The molecular formula is C30H39FN2O6SSi. The predicted molar refractivity (Wildman–Crippen MR) is 160 cm³/mol. The molecule has 1 N–H and O–H groups in total. The minimum Gasteiger partial charge on any atom is -0.497 e. The van der Waals surface area contributed by atoms with Crippen LogP contribution in [0.15, 0.2) is 48.5 Å². The zero-order chi connectivity index (χ0) is 30.0. The summed E-state index contributed by atoms with van der Waals surface area (Å²) in [5, 5.41) is 9.95. The highest BCUT2D eigenvalue weighted by molar-refractivity contribution is 7.11. The van der Waals surface area contributed by atoms with E-state index in [4.69, 9.17) is 14.2 Å². The molecule has 8 nitrogen and oxygen atoms in total. The molecule has 0 aliphatic carbocycles. The Balaban J connectivity index is 1.86. The van der Waals surface area contributed by atoms with Crippen molar-refractivity contribution in [3.05, 3.63) is 81.1 Å². The van der Waals surface area contributed by atoms with Gasteiger partial charge in [-0.1, -0.05) is 50.0 Å². The minimum absolute atomic E-state index is 0.0357. The number of amides is 1. The number of aromatic carboxylic acids is 1. The molecular weight excluding hydrogens is 563 g/mol. The fourth-order valence-corrected chi connectivity index (χ4v) is 5.82. The van der Waals surface area contributed by atoms with E-state index in [1.54, 1.807) is 17.9 Å². The van der Waals surface area contributed by atoms with E-state index >= 15 is 4.39 Å². The minimum atomic E-state index is -1.33. The number of halogens is 1. The monoisotopic (exact) mass is 602 g/mol. The molecule has 3 aromatic rings. The summed E-state index contributed by atoms with van der Waals surface area (Å²) in [6.07, 6.45) is 0.0881. The average molecular weight is 603 g/mol. The summed E-state index contributed by atoms with van der Waals surface area (Å²) >= 11 is 1.22. The van der Waals surface area contributed by atoms with Gasteiger partial charge < -0.3 is 24.2 Å². The van der Waals surface area contributed by atoms with E-state index in [1.807, 2.05) is 30.3 Å². The van der Waals surface area contributed by atoms with Crippen molar-refractivity contribution in [1.29, 1.82) is 0 Å². The highest BCUT2D eigenvalue weighted by Gasteiger charge is 2.31. The van der Waals surface area contributed by atoms with Crippen LogP contribution in [0.25, 0.3) is 0 Å². The van der Waals surface area contributed by atoms with Crippen molar-refractivity contribution in [2.45, 2.75) is 58.1 Å². The van der Waals surface area contributed by atoms with Gasteiger partial charge in [0.15, 0.2) is 11.8 Å². The maximum atomic E-state index is 15.2. The molecule has 11 heteroatoms. The van der Waals surface area contributed by atoms with E-state index < -0.39 is 31.9 Å². The molecule has 1 amide bonds. The van der Waals surface area contributed by atoms with Gasteiger partial charge in [-0.25, -0.2) is 14.2 Å². The zero-order valence-electron chi connectivity index (χ0n) is 24.3. The van der Waals surface area contributed by atoms with Gasteiger partial charge in [0, 0.05) is 37.7 Å². The molecule has 2 aromatic carbocycles. The van der Waals surface area contributed by atoms with Gasteiger partial charge in [-0.05, 0) is 43.5 Å². The largest absolute Gasteiger partial charge is 0.497 e. The number of carbonyl (C=O) groups excluding carboxylic acids is 1. The van der Waals surface area contributed by atoms with Crippen LogP contribution in [0.1, 0.15) is 44.0 Å². The number of ether oxygens (including phenoxy) is 3. The maximum absolute atomic E-state index is 15.2. The normalized spacial score (nSPS) is 12.2. The third-order valence-corrected chi connectivity index (χ3v) is 9.11. The van der Waals surface area contributed by atoms with Crippen LogP contribution in [0.2, 0.25) is 25.7 Å². The van der Waals surface area contributed by atoms with Crippen molar-refractivity contribution >= 4 is 31.3 Å². The van der Waals surface area contributed by atoms with Crippen LogP contribution in [0.3, 0.4) is 0 Å². The first-order valence-corrected chi connectivity index (χ1v) is 18.1. The number of aromatic nitrogens is 1. The molecule has 0 radical (unpaired) electrons. The third-order valence-electron chi connectivity index (χ3n) is 6.45. The molecule has 41 heavy (non-hydrogen) atoms. The molecule has 0 saturated carbocycles. The summed E-state index contributed by atoms with van der Waals surface area (Å²) in [7, 11) is 0.108. The number of methoxy groups -OCH3 is 1. The fourth-order valence-electron chi connectivity index (χ4n) is 4.13. The summed E-state index contributed by atoms with van der Waals surface area (Å²) in [4.78, 5) is 32.0. The topological polar surface area (TPSA) is 98.2 Å². The molecule has 0 unspecified atom stereocenters. The second kappa shape index (κ2) is 15.2. The van der Waals surface area contributed by atoms with Gasteiger partial charge in [-0.15, -0.1) is 11.3 Å². The lowest BCUT2D eigenvalue weighted by molar-refractivity contribution is -0.156. The highest BCUT2D eigenvalue weighted by atomic mass is 32.1. The molecule has 3 rings (SSSR count). The van der Waals surface area contributed by atoms with Gasteiger partial charge in [-0.3, -0.25) is 4.79 Å². The molecule has 1 heterocycles. The smallest absolute Gasteiger partial charge is 0.355 e. The van der Waals surface area contributed by atoms with Crippen molar-refractivity contribution in [3.63, 3.8) is 0 Å². The Bertz CT molecular complexity index is 1300. The number of hydrogen-bond donors (Lipinski definition) is 1. The Morgan fingerprint density at radius 2 is 1.88 bits per heavy atom. The molecule has 0 bridgehead atoms. The Hall–Kier alpha value is -3.12. The second-order valence-corrected chi connectivity index (χ2v) is 17.8. The van der Waals surface area contributed by atoms with E-state index in [0.29, 0.717) is 35.2 Å². The number of carbonyl (C=O) groups is 2. The van der Waals surface area contributed by atoms with Crippen LogP contribution in [-0.2, 0) is 27.2 Å². The van der Waals surface area contributed by atoms with Gasteiger partial charge in [0.25, 0.3) is 5.91 Å². The number of hydrogen-bond acceptors (Lipinski definition) is 7. The lowest BCUT2D eigenvalue weighted by Crippen LogP contribution is -2.37. The molecule has 222 valence electrons. The number of benzene rings is 2. The predicted octanol–water partition coefficient (Wildman–Crippen LogP) is 6.33. The molecule has 0 fully saturated rings. The maximum Gasteiger partial charge on any atom is 0.355 e. The van der Waals surface area contributed by atoms with Crippen LogP contribution < -0.4 is 4.74 Å². The zero-order valence-corrected chi connectivity index (χ0v) is 26.1. The van der Waals surface area contributed by atoms with E-state index in [1.165, 1.54) is 30.6 Å². The molecule has 1 aromatic heterocycles. The van der Waals surface area contributed by atoms with E-state index in [2.05, 4.69) is 24.6 Å². The Kier molecular flexibility index (Phi) is 12.0. The van der Waals surface area contributed by atoms with Crippen molar-refractivity contribution in [2.75, 3.05) is 27.1 Å². The first kappa shape index (κ1) is 32.4. The Labute approximate surface area is 246 Å². The lowest BCUT2D eigenvalue weighted by Gasteiger charge is -2.27. The summed E-state index contributed by atoms with van der Waals surface area (Å²) in [5.74, 6) is -1.89. The van der Waals surface area contributed by atoms with Gasteiger partial charge in [0.05, 0.1) is 13.7 Å². The van der Waals surface area contributed by atoms with Crippen LogP contribution in [0.5, 0.6) is 5.75 Å². The van der Waals surface area contributed by atoms with Gasteiger partial charge >= 0.3 is 5.97 Å². The quantitative estimate of drug-likeness (QED) is 0.116. The number of thiazole rings is 1. The van der Waals surface area contributed by atoms with Gasteiger partial charge in [0.2, 0.25) is 0 Å². The third kappa shape index (κ3) is 10.0. The van der Waals surface area contributed by atoms with Crippen molar-refractivity contribution in [2.24, 2.45) is 0 Å². The van der Waals surface area contributed by atoms with E-state index in [-0.39, 0.29) is 24.6 Å². The summed E-state index contributed by atoms with van der Waals surface area (Å²) < 4.78 is 32.0. The van der Waals surface area contributed by atoms with Crippen LogP contribution in [-0.4, -0.2) is 62.0 Å². The number of rotatable bonds is 16. The molecule has 0 aliphatic heterocycles. The Morgan fingerprint density at radius 1 is 1.15 bits per heavy atom. The van der Waals surface area contributed by atoms with Gasteiger partial charge in [-0.2, -0.15) is 0 Å². The fraction of sp³-hybridized carbons (Fsp3) is 0.433. The lowest BCUT2D eigenvalue weighted by atomic mass is 10.1. The average Bonchev–Trinajstić information content (AvgIpc) is 3.30. The number of nitrogens with zero attached hydrogens (tertiary/aromatic N) is 2. The molecule has 1 atom stereocenters. The molecule has 0 spiro atoms. The number of aryl methyl sites for hydroxylation is 2. The van der Waals surface area contributed by atoms with Gasteiger partial charge in [0.1, 0.15) is 23.4 Å². The van der Waals surface area contributed by atoms with E-state index in [0.717, 1.165) is 18.0 Å². The van der Waals surface area contributed by atoms with Crippen LogP contribution in [0.4, 0.5) is 4.39 Å². The summed E-state index contributed by atoms with van der Waals surface area (Å²) in [6, 6.07) is 15.1. The molecule has 0 saturated heterocycles. The summed E-state index contributed by atoms with van der Waals surface area (Å²) in [6.45, 7) is 9.10. The number of carboxylic acid groups (broad SMARTS) is 1. The first-order valence-electron chi connectivity index (χ1n) is 13.5. The van der Waals surface area contributed by atoms with E-state index in [9.17, 15) is 14.7 Å². The number of carboxylic acids is 1. The van der Waals surface area contributed by atoms with Crippen molar-refractivity contribution in [1.82, 2.24) is 9.88 Å². The SMILES string of the molecule is COc1ccc([C@@H](OCOCC[Si](C)(C)C)C(=O)N(CCCc2ccccc2)Cc2nc(C(=O)O)c(C)s2)c(F)c1. The van der Waals surface area contributed by atoms with Crippen molar-refractivity contribution in [3.8, 4) is 5.75 Å². The van der Waals surface area contributed by atoms with Crippen LogP contribution in [0, 0.1) is 12.7 Å². The standard InChI is InChI=1S/C30H39FN2O6SSi/c1-21-27(30(35)36)32-26(40-21)19-33(15-9-12-22-10-7-6-8-11-22)29(34)28(39-20-38-16-17-41(3,4)5)24-14-13-23(37-2)18-25(24)31/h6-8,10-11,13-14,18,28H,9,12,15-17,19-20H2,1-5H3,(H,35,36)/t28-/m1/s1. The molecule has 0 aliphatic rings. The van der Waals surface area contributed by atoms with Crippen LogP contribution >= 0.6 is 11.3 Å². The van der Waals surface area contributed by atoms with Crippen molar-refractivity contribution < 1.29 is 33.3 Å². The first-order chi connectivity index (χ1) is 19.5. The Morgan fingerprint density at radius 3 is 2.49 bits per heavy atom. The second-order valence-electron chi connectivity index (χ2n) is 10.9.